The van der Waals surface area contributed by atoms with Crippen molar-refractivity contribution in [2.75, 3.05) is 13.1 Å². The number of alkyl halides is 3. The third-order valence-corrected chi connectivity index (χ3v) is 5.22. The second-order valence-corrected chi connectivity index (χ2v) is 7.06. The molecule has 1 aliphatic rings. The summed E-state index contributed by atoms with van der Waals surface area (Å²) in [5, 5.41) is 3.50. The second-order valence-electron chi connectivity index (χ2n) is 5.98. The Balaban J connectivity index is 1.75. The number of piperidine rings is 1. The Morgan fingerprint density at radius 3 is 2.60 bits per heavy atom. The van der Waals surface area contributed by atoms with Gasteiger partial charge in [-0.2, -0.15) is 18.3 Å². The molecule has 0 aliphatic carbocycles. The van der Waals surface area contributed by atoms with Gasteiger partial charge in [-0.05, 0) is 37.5 Å². The molecule has 0 radical (unpaired) electrons. The van der Waals surface area contributed by atoms with E-state index in [1.165, 1.54) is 35.6 Å². The van der Waals surface area contributed by atoms with Crippen molar-refractivity contribution in [1.29, 1.82) is 0 Å². The van der Waals surface area contributed by atoms with Crippen LogP contribution in [0.3, 0.4) is 0 Å². The molecule has 0 bridgehead atoms. The maximum absolute atomic E-state index is 12.8. The molecule has 0 N–H and O–H groups in total. The van der Waals surface area contributed by atoms with E-state index in [-0.39, 0.29) is 5.78 Å². The summed E-state index contributed by atoms with van der Waals surface area (Å²) in [6.45, 7) is 1.91. The highest BCUT2D eigenvalue weighted by Crippen LogP contribution is 2.34. The van der Waals surface area contributed by atoms with Gasteiger partial charge in [0.15, 0.2) is 11.5 Å². The highest BCUT2D eigenvalue weighted by atomic mass is 32.1. The van der Waals surface area contributed by atoms with E-state index < -0.39 is 11.9 Å². The predicted octanol–water partition coefficient (Wildman–Crippen LogP) is 4.35. The van der Waals surface area contributed by atoms with Crippen LogP contribution in [0.1, 0.15) is 34.6 Å². The molecule has 1 fully saturated rings. The monoisotopic (exact) mass is 369 g/mol. The standard InChI is InChI=1S/C17H18F3N3OS/c1-22-12(11-16(21-22)17(18,19)20)14-5-6-15(25-14)13(24)7-10-23-8-3-2-4-9-23/h5-7,10-11H,2-4,8-9H2,1H3. The molecule has 0 atom stereocenters. The molecule has 4 nitrogen and oxygen atoms in total. The number of nitrogens with zero attached hydrogens (tertiary/aromatic N) is 3. The molecular weight excluding hydrogens is 351 g/mol. The van der Waals surface area contributed by atoms with Crippen molar-refractivity contribution < 1.29 is 18.0 Å². The topological polar surface area (TPSA) is 38.1 Å². The van der Waals surface area contributed by atoms with Crippen LogP contribution in [0.25, 0.3) is 10.6 Å². The fourth-order valence-electron chi connectivity index (χ4n) is 2.77. The first-order chi connectivity index (χ1) is 11.8. The Morgan fingerprint density at radius 1 is 1.24 bits per heavy atom. The second kappa shape index (κ2) is 7.03. The first-order valence-electron chi connectivity index (χ1n) is 8.02. The average molecular weight is 369 g/mol. The number of likely N-dealkylation sites (tertiary alicyclic amines) is 1. The van der Waals surface area contributed by atoms with E-state index >= 15 is 0 Å². The molecule has 25 heavy (non-hydrogen) atoms. The molecule has 2 aromatic rings. The van der Waals surface area contributed by atoms with Gasteiger partial charge < -0.3 is 4.90 Å². The zero-order chi connectivity index (χ0) is 18.0. The normalized spacial score (nSPS) is 15.9. The lowest BCUT2D eigenvalue weighted by molar-refractivity contribution is -0.141. The van der Waals surface area contributed by atoms with Gasteiger partial charge in [0, 0.05) is 32.4 Å². The SMILES string of the molecule is Cn1nc(C(F)(F)F)cc1-c1ccc(C(=O)C=CN2CCCCC2)s1. The lowest BCUT2D eigenvalue weighted by Gasteiger charge is -2.24. The summed E-state index contributed by atoms with van der Waals surface area (Å²) in [4.78, 5) is 15.5. The molecular formula is C17H18F3N3OS. The van der Waals surface area contributed by atoms with Gasteiger partial charge in [0.1, 0.15) is 0 Å². The predicted molar refractivity (Wildman–Crippen MR) is 90.4 cm³/mol. The van der Waals surface area contributed by atoms with Crippen LogP contribution in [-0.4, -0.2) is 33.6 Å². The summed E-state index contributed by atoms with van der Waals surface area (Å²) in [5.41, 5.74) is -0.590. The molecule has 2 aromatic heterocycles. The number of allylic oxidation sites excluding steroid dienone is 1. The highest BCUT2D eigenvalue weighted by molar-refractivity contribution is 7.17. The number of aromatic nitrogens is 2. The van der Waals surface area contributed by atoms with Gasteiger partial charge >= 0.3 is 6.18 Å². The number of ketones is 1. The van der Waals surface area contributed by atoms with Gasteiger partial charge in [0.05, 0.1) is 15.4 Å². The van der Waals surface area contributed by atoms with Crippen molar-refractivity contribution >= 4 is 17.1 Å². The summed E-state index contributed by atoms with van der Waals surface area (Å²) in [5.74, 6) is -0.139. The van der Waals surface area contributed by atoms with Crippen LogP contribution in [0.15, 0.2) is 30.5 Å². The summed E-state index contributed by atoms with van der Waals surface area (Å²) in [6, 6.07) is 4.30. The molecule has 0 unspecified atom stereocenters. The maximum atomic E-state index is 12.8. The van der Waals surface area contributed by atoms with Gasteiger partial charge in [0.25, 0.3) is 0 Å². The molecule has 1 aliphatic heterocycles. The van der Waals surface area contributed by atoms with E-state index in [1.54, 1.807) is 12.1 Å². The number of thiophene rings is 1. The van der Waals surface area contributed by atoms with Crippen LogP contribution in [-0.2, 0) is 13.2 Å². The number of hydrogen-bond donors (Lipinski definition) is 0. The molecule has 3 heterocycles. The third-order valence-electron chi connectivity index (χ3n) is 4.10. The average Bonchev–Trinajstić information content (AvgIpc) is 3.19. The largest absolute Gasteiger partial charge is 0.435 e. The third kappa shape index (κ3) is 4.12. The van der Waals surface area contributed by atoms with Crippen molar-refractivity contribution in [3.05, 3.63) is 41.0 Å². The summed E-state index contributed by atoms with van der Waals surface area (Å²) in [7, 11) is 1.46. The maximum Gasteiger partial charge on any atom is 0.435 e. The Hall–Kier alpha value is -2.09. The van der Waals surface area contributed by atoms with E-state index in [9.17, 15) is 18.0 Å². The van der Waals surface area contributed by atoms with Gasteiger partial charge in [-0.15, -0.1) is 11.3 Å². The van der Waals surface area contributed by atoms with E-state index in [1.807, 2.05) is 6.20 Å². The van der Waals surface area contributed by atoms with E-state index in [2.05, 4.69) is 10.00 Å². The number of aryl methyl sites for hydroxylation is 1. The fraction of sp³-hybridized carbons (Fsp3) is 0.412. The molecule has 0 spiro atoms. The molecule has 0 amide bonds. The zero-order valence-electron chi connectivity index (χ0n) is 13.7. The minimum atomic E-state index is -4.48. The van der Waals surface area contributed by atoms with E-state index in [0.717, 1.165) is 32.0 Å². The van der Waals surface area contributed by atoms with E-state index in [4.69, 9.17) is 0 Å². The van der Waals surface area contributed by atoms with Crippen LogP contribution in [0, 0.1) is 0 Å². The number of carbonyl (C=O) groups is 1. The molecule has 8 heteroatoms. The minimum absolute atomic E-state index is 0.139. The van der Waals surface area contributed by atoms with Crippen molar-refractivity contribution in [2.45, 2.75) is 25.4 Å². The lowest BCUT2D eigenvalue weighted by Crippen LogP contribution is -2.24. The summed E-state index contributed by atoms with van der Waals surface area (Å²) in [6.07, 6.45) is 2.34. The number of hydrogen-bond acceptors (Lipinski definition) is 4. The molecule has 0 saturated carbocycles. The zero-order valence-corrected chi connectivity index (χ0v) is 14.5. The first kappa shape index (κ1) is 17.7. The molecule has 0 aromatic carbocycles. The Bertz CT molecular complexity index is 785. The van der Waals surface area contributed by atoms with Crippen LogP contribution >= 0.6 is 11.3 Å². The van der Waals surface area contributed by atoms with Gasteiger partial charge in [-0.3, -0.25) is 9.48 Å². The number of carbonyl (C=O) groups excluding carboxylic acids is 1. The molecule has 134 valence electrons. The smallest absolute Gasteiger partial charge is 0.377 e. The van der Waals surface area contributed by atoms with Crippen molar-refractivity contribution in [2.24, 2.45) is 7.05 Å². The van der Waals surface area contributed by atoms with Gasteiger partial charge in [0.2, 0.25) is 0 Å². The van der Waals surface area contributed by atoms with Crippen molar-refractivity contribution in [3.8, 4) is 10.6 Å². The van der Waals surface area contributed by atoms with Crippen LogP contribution in [0.2, 0.25) is 0 Å². The van der Waals surface area contributed by atoms with Gasteiger partial charge in [-0.25, -0.2) is 0 Å². The Labute approximate surface area is 147 Å². The minimum Gasteiger partial charge on any atom is -0.377 e. The first-order valence-corrected chi connectivity index (χ1v) is 8.84. The lowest BCUT2D eigenvalue weighted by atomic mass is 10.1. The fourth-order valence-corrected chi connectivity index (χ4v) is 3.74. The number of rotatable bonds is 4. The highest BCUT2D eigenvalue weighted by Gasteiger charge is 2.34. The Kier molecular flexibility index (Phi) is 4.99. The number of halogens is 3. The van der Waals surface area contributed by atoms with Crippen LogP contribution < -0.4 is 0 Å². The molecule has 1 saturated heterocycles. The van der Waals surface area contributed by atoms with Crippen molar-refractivity contribution in [3.63, 3.8) is 0 Å². The van der Waals surface area contributed by atoms with Crippen molar-refractivity contribution in [1.82, 2.24) is 14.7 Å². The quantitative estimate of drug-likeness (QED) is 0.594. The Morgan fingerprint density at radius 2 is 1.96 bits per heavy atom. The van der Waals surface area contributed by atoms with E-state index in [0.29, 0.717) is 15.4 Å². The van der Waals surface area contributed by atoms with Crippen LogP contribution in [0.4, 0.5) is 13.2 Å². The van der Waals surface area contributed by atoms with Gasteiger partial charge in [-0.1, -0.05) is 0 Å². The van der Waals surface area contributed by atoms with Crippen LogP contribution in [0.5, 0.6) is 0 Å². The molecule has 3 rings (SSSR count). The summed E-state index contributed by atoms with van der Waals surface area (Å²) < 4.78 is 39.5. The summed E-state index contributed by atoms with van der Waals surface area (Å²) >= 11 is 1.17.